The summed E-state index contributed by atoms with van der Waals surface area (Å²) in [4.78, 5) is 0.482. The Morgan fingerprint density at radius 1 is 1.00 bits per heavy atom. The lowest BCUT2D eigenvalue weighted by atomic mass is 9.94. The Balaban J connectivity index is 2.85. The van der Waals surface area contributed by atoms with E-state index >= 15 is 0 Å². The molecule has 0 aliphatic heterocycles. The summed E-state index contributed by atoms with van der Waals surface area (Å²) in [6, 6.07) is 6.93. The van der Waals surface area contributed by atoms with Crippen LogP contribution in [0.2, 0.25) is 0 Å². The number of hydrogen-bond donors (Lipinski definition) is 0. The van der Waals surface area contributed by atoms with Crippen molar-refractivity contribution >= 4 is 20.6 Å². The number of alkyl halides is 3. The van der Waals surface area contributed by atoms with Crippen LogP contribution in [0.1, 0.15) is 31.2 Å². The number of halogens is 3. The van der Waals surface area contributed by atoms with E-state index in [1.165, 1.54) is 0 Å². The van der Waals surface area contributed by atoms with Gasteiger partial charge in [0.2, 0.25) is 0 Å². The first-order valence-electron chi connectivity index (χ1n) is 5.74. The molecule has 1 unspecified atom stereocenters. The van der Waals surface area contributed by atoms with Gasteiger partial charge >= 0.3 is 5.51 Å². The van der Waals surface area contributed by atoms with Crippen molar-refractivity contribution in [2.24, 2.45) is 0 Å². The number of fused-ring (bicyclic) bond motifs is 1. The molecule has 4 heteroatoms. The second kappa shape index (κ2) is 3.98. The molecule has 1 atom stereocenters. The van der Waals surface area contributed by atoms with Crippen LogP contribution in [0.5, 0.6) is 0 Å². The minimum absolute atomic E-state index is 0.415. The summed E-state index contributed by atoms with van der Waals surface area (Å²) in [5, 5.41) is 0.723. The summed E-state index contributed by atoms with van der Waals surface area (Å²) in [7, 11) is -1.77. The van der Waals surface area contributed by atoms with Crippen LogP contribution < -0.4 is 0 Å². The number of benzene rings is 1. The van der Waals surface area contributed by atoms with Crippen LogP contribution in [0.15, 0.2) is 24.3 Å². The van der Waals surface area contributed by atoms with Crippen LogP contribution in [0.3, 0.4) is 0 Å². The smallest absolute Gasteiger partial charge is 0.118 e. The van der Waals surface area contributed by atoms with Gasteiger partial charge < -0.3 is 0 Å². The molecular weight excluding hydrogens is 257 g/mol. The van der Waals surface area contributed by atoms with Crippen molar-refractivity contribution in [1.29, 1.82) is 0 Å². The van der Waals surface area contributed by atoms with Crippen LogP contribution in [-0.4, -0.2) is 0 Å². The first-order valence-corrected chi connectivity index (χ1v) is 6.97. The fourth-order valence-corrected chi connectivity index (χ4v) is 4.21. The highest BCUT2D eigenvalue weighted by molar-refractivity contribution is 7.38. The molecule has 0 saturated heterocycles. The zero-order valence-electron chi connectivity index (χ0n) is 10.9. The molecule has 2 aromatic rings. The van der Waals surface area contributed by atoms with E-state index in [0.29, 0.717) is 9.58 Å². The predicted octanol–water partition coefficient (Wildman–Crippen LogP) is 5.67. The normalized spacial score (nSPS) is 14.3. The summed E-state index contributed by atoms with van der Waals surface area (Å²) in [6.07, 6.45) is 0. The fraction of sp³-hybridized carbons (Fsp3) is 0.429. The van der Waals surface area contributed by atoms with Crippen molar-refractivity contribution in [2.75, 3.05) is 0 Å². The van der Waals surface area contributed by atoms with Gasteiger partial charge in [-0.15, -0.1) is 13.2 Å². The van der Waals surface area contributed by atoms with Gasteiger partial charge in [-0.1, -0.05) is 32.4 Å². The maximum atomic E-state index is 13.3. The molecule has 1 aromatic heterocycles. The van der Waals surface area contributed by atoms with Gasteiger partial charge in [0.15, 0.2) is 9.58 Å². The number of rotatable bonds is 0. The SMILES string of the molecule is Cc1ccc2c(c1)cc(C(C)(C)C)[s+]2C(F)(F)F. The lowest BCUT2D eigenvalue weighted by Gasteiger charge is -2.13. The Labute approximate surface area is 107 Å². The van der Waals surface area contributed by atoms with Gasteiger partial charge in [-0.25, -0.2) is 0 Å². The molecule has 1 heterocycles. The van der Waals surface area contributed by atoms with Crippen LogP contribution in [-0.2, 0) is 10.9 Å². The Morgan fingerprint density at radius 3 is 2.11 bits per heavy atom. The molecule has 0 saturated carbocycles. The Kier molecular flexibility index (Phi) is 2.97. The third kappa shape index (κ3) is 2.26. The van der Waals surface area contributed by atoms with E-state index < -0.39 is 21.4 Å². The molecule has 0 bridgehead atoms. The molecular formula is C14H16F3S+. The Bertz CT molecular complexity index is 585. The van der Waals surface area contributed by atoms with Gasteiger partial charge in [0, 0.05) is 16.9 Å². The average Bonchev–Trinajstić information content (AvgIpc) is 2.54. The molecule has 0 amide bonds. The monoisotopic (exact) mass is 273 g/mol. The minimum Gasteiger partial charge on any atom is -0.118 e. The van der Waals surface area contributed by atoms with Crippen LogP contribution in [0.4, 0.5) is 13.2 Å². The molecule has 0 aliphatic rings. The van der Waals surface area contributed by atoms with E-state index in [2.05, 4.69) is 0 Å². The van der Waals surface area contributed by atoms with E-state index in [0.717, 1.165) is 10.9 Å². The largest absolute Gasteiger partial charge is 0.600 e. The van der Waals surface area contributed by atoms with E-state index in [9.17, 15) is 13.2 Å². The molecule has 1 aromatic carbocycles. The summed E-state index contributed by atoms with van der Waals surface area (Å²) in [6.45, 7) is 7.41. The summed E-state index contributed by atoms with van der Waals surface area (Å²) < 4.78 is 40.3. The lowest BCUT2D eigenvalue weighted by Crippen LogP contribution is -2.12. The molecule has 18 heavy (non-hydrogen) atoms. The van der Waals surface area contributed by atoms with Gasteiger partial charge in [0.1, 0.15) is 0 Å². The average molecular weight is 273 g/mol. The molecule has 0 N–H and O–H groups in total. The van der Waals surface area contributed by atoms with Gasteiger partial charge in [-0.05, 0) is 19.1 Å². The lowest BCUT2D eigenvalue weighted by molar-refractivity contribution is -0.0869. The molecule has 0 radical (unpaired) electrons. The second-order valence-corrected chi connectivity index (χ2v) is 7.51. The maximum Gasteiger partial charge on any atom is 0.600 e. The molecule has 98 valence electrons. The molecule has 0 fully saturated rings. The second-order valence-electron chi connectivity index (χ2n) is 5.55. The number of aryl methyl sites for hydroxylation is 1. The molecule has 2 rings (SSSR count). The van der Waals surface area contributed by atoms with E-state index in [-0.39, 0.29) is 0 Å². The zero-order valence-corrected chi connectivity index (χ0v) is 11.7. The number of thiophene rings is 1. The fourth-order valence-electron chi connectivity index (χ4n) is 2.06. The predicted molar refractivity (Wildman–Crippen MR) is 71.2 cm³/mol. The maximum absolute atomic E-state index is 13.3. The van der Waals surface area contributed by atoms with Gasteiger partial charge in [-0.3, -0.25) is 0 Å². The van der Waals surface area contributed by atoms with Gasteiger partial charge in [0.05, 0.1) is 10.5 Å². The minimum atomic E-state index is -4.19. The van der Waals surface area contributed by atoms with Crippen molar-refractivity contribution in [3.05, 3.63) is 34.7 Å². The van der Waals surface area contributed by atoms with Crippen molar-refractivity contribution in [1.82, 2.24) is 0 Å². The summed E-state index contributed by atoms with van der Waals surface area (Å²) >= 11 is 0. The van der Waals surface area contributed by atoms with Crippen molar-refractivity contribution in [3.8, 4) is 0 Å². The highest BCUT2D eigenvalue weighted by Crippen LogP contribution is 2.54. The van der Waals surface area contributed by atoms with Crippen molar-refractivity contribution in [2.45, 2.75) is 38.6 Å². The first kappa shape index (κ1) is 13.4. The Morgan fingerprint density at radius 2 is 1.61 bits per heavy atom. The molecule has 0 aliphatic carbocycles. The first-order chi connectivity index (χ1) is 8.10. The summed E-state index contributed by atoms with van der Waals surface area (Å²) in [5.41, 5.74) is -3.67. The third-order valence-corrected chi connectivity index (χ3v) is 5.31. The van der Waals surface area contributed by atoms with Crippen LogP contribution in [0.25, 0.3) is 10.1 Å². The summed E-state index contributed by atoms with van der Waals surface area (Å²) in [5.74, 6) is 0. The standard InChI is InChI=1S/C14H16F3S/c1-9-5-6-11-10(7-9)8-12(13(2,3)4)18(11)14(15,16)17/h5-8H,1-4H3/q+1. The van der Waals surface area contributed by atoms with Crippen LogP contribution >= 0.6 is 10.5 Å². The highest BCUT2D eigenvalue weighted by Gasteiger charge is 2.50. The van der Waals surface area contributed by atoms with E-state index in [4.69, 9.17) is 0 Å². The number of hydrogen-bond acceptors (Lipinski definition) is 0. The van der Waals surface area contributed by atoms with E-state index in [1.54, 1.807) is 18.2 Å². The molecule has 0 spiro atoms. The van der Waals surface area contributed by atoms with Gasteiger partial charge in [-0.2, -0.15) is 0 Å². The van der Waals surface area contributed by atoms with Crippen molar-refractivity contribution < 1.29 is 13.2 Å². The van der Waals surface area contributed by atoms with Crippen LogP contribution in [0, 0.1) is 6.92 Å². The third-order valence-electron chi connectivity index (χ3n) is 2.86. The van der Waals surface area contributed by atoms with Gasteiger partial charge in [0.25, 0.3) is 0 Å². The zero-order chi connectivity index (χ0) is 13.7. The van der Waals surface area contributed by atoms with E-state index in [1.807, 2.05) is 33.8 Å². The quantitative estimate of drug-likeness (QED) is 0.542. The topological polar surface area (TPSA) is 0 Å². The highest BCUT2D eigenvalue weighted by atomic mass is 32.2. The Hall–Kier alpha value is -1.03. The molecule has 0 nitrogen and oxygen atoms in total. The van der Waals surface area contributed by atoms with Crippen molar-refractivity contribution in [3.63, 3.8) is 0 Å².